The van der Waals surface area contributed by atoms with Gasteiger partial charge in [-0.1, -0.05) is 0 Å². The minimum atomic E-state index is -0.401. The van der Waals surface area contributed by atoms with E-state index in [1.807, 2.05) is 0 Å². The van der Waals surface area contributed by atoms with Crippen molar-refractivity contribution in [1.82, 2.24) is 15.0 Å². The molecule has 0 atom stereocenters. The number of pyridine rings is 1. The van der Waals surface area contributed by atoms with E-state index in [4.69, 9.17) is 0 Å². The Balaban J connectivity index is 2.25. The summed E-state index contributed by atoms with van der Waals surface area (Å²) in [5, 5.41) is 12.0. The largest absolute Gasteiger partial charge is 0.504 e. The van der Waals surface area contributed by atoms with Crippen molar-refractivity contribution in [3.8, 4) is 5.75 Å². The number of aromatic hydroxyl groups is 1. The molecule has 0 unspecified atom stereocenters. The fraction of sp³-hybridized carbons (Fsp3) is 0.167. The van der Waals surface area contributed by atoms with E-state index in [1.165, 1.54) is 18.5 Å². The lowest BCUT2D eigenvalue weighted by molar-refractivity contribution is 0.102. The number of carbonyl (C=O) groups excluding carboxylic acids is 1. The summed E-state index contributed by atoms with van der Waals surface area (Å²) in [4.78, 5) is 23.9. The van der Waals surface area contributed by atoms with Gasteiger partial charge in [0.2, 0.25) is 0 Å². The first-order valence-corrected chi connectivity index (χ1v) is 5.33. The number of aryl methyl sites for hydroxylation is 2. The zero-order chi connectivity index (χ0) is 13.1. The molecule has 2 rings (SSSR count). The normalized spacial score (nSPS) is 10.1. The van der Waals surface area contributed by atoms with Gasteiger partial charge in [0.1, 0.15) is 5.82 Å². The van der Waals surface area contributed by atoms with E-state index in [-0.39, 0.29) is 11.6 Å². The van der Waals surface area contributed by atoms with Gasteiger partial charge in [-0.2, -0.15) is 0 Å². The Labute approximate surface area is 104 Å². The van der Waals surface area contributed by atoms with Gasteiger partial charge in [-0.15, -0.1) is 0 Å². The van der Waals surface area contributed by atoms with Gasteiger partial charge in [-0.3, -0.25) is 4.79 Å². The van der Waals surface area contributed by atoms with E-state index in [1.54, 1.807) is 19.9 Å². The monoisotopic (exact) mass is 244 g/mol. The predicted octanol–water partition coefficient (Wildman–Crippen LogP) is 1.45. The van der Waals surface area contributed by atoms with E-state index >= 15 is 0 Å². The maximum Gasteiger partial charge on any atom is 0.260 e. The number of anilines is 1. The molecular weight excluding hydrogens is 232 g/mol. The number of hydrogen-bond acceptors (Lipinski definition) is 5. The van der Waals surface area contributed by atoms with Crippen molar-refractivity contribution in [2.75, 3.05) is 5.32 Å². The molecular formula is C12H12N4O2. The Kier molecular flexibility index (Phi) is 3.18. The number of carbonyl (C=O) groups is 1. The number of nitrogens with zero attached hydrogens (tertiary/aromatic N) is 3. The first-order chi connectivity index (χ1) is 8.58. The highest BCUT2D eigenvalue weighted by Gasteiger charge is 2.13. The Morgan fingerprint density at radius 2 is 2.11 bits per heavy atom. The van der Waals surface area contributed by atoms with Gasteiger partial charge in [-0.05, 0) is 26.0 Å². The number of aromatic nitrogens is 3. The molecule has 0 bridgehead atoms. The van der Waals surface area contributed by atoms with Crippen molar-refractivity contribution in [2.24, 2.45) is 0 Å². The van der Waals surface area contributed by atoms with Crippen molar-refractivity contribution in [2.45, 2.75) is 13.8 Å². The summed E-state index contributed by atoms with van der Waals surface area (Å²) in [5.74, 6) is 0.227. The summed E-state index contributed by atoms with van der Waals surface area (Å²) in [6.45, 7) is 3.47. The molecule has 6 nitrogen and oxygen atoms in total. The van der Waals surface area contributed by atoms with Gasteiger partial charge < -0.3 is 10.4 Å². The molecule has 0 aromatic carbocycles. The van der Waals surface area contributed by atoms with Gasteiger partial charge in [0.15, 0.2) is 11.6 Å². The Morgan fingerprint density at radius 3 is 2.78 bits per heavy atom. The van der Waals surface area contributed by atoms with Gasteiger partial charge in [0.25, 0.3) is 5.91 Å². The molecule has 0 aliphatic carbocycles. The summed E-state index contributed by atoms with van der Waals surface area (Å²) in [5.41, 5.74) is 0.932. The van der Waals surface area contributed by atoms with Crippen LogP contribution in [-0.2, 0) is 0 Å². The minimum absolute atomic E-state index is 0.0865. The van der Waals surface area contributed by atoms with Crippen LogP contribution < -0.4 is 5.32 Å². The third kappa shape index (κ3) is 2.42. The standard InChI is InChI=1S/C12H12N4O2/c1-7-9(6-14-8(2)15-7)12(18)16-11-10(17)4-3-5-13-11/h3-6,17H,1-2H3,(H,13,16,18). The average molecular weight is 244 g/mol. The van der Waals surface area contributed by atoms with Crippen LogP contribution >= 0.6 is 0 Å². The highest BCUT2D eigenvalue weighted by molar-refractivity contribution is 6.04. The molecule has 0 spiro atoms. The van der Waals surface area contributed by atoms with Crippen LogP contribution in [0.4, 0.5) is 5.82 Å². The second-order valence-electron chi connectivity index (χ2n) is 3.74. The summed E-state index contributed by atoms with van der Waals surface area (Å²) in [7, 11) is 0. The minimum Gasteiger partial charge on any atom is -0.504 e. The van der Waals surface area contributed by atoms with Crippen LogP contribution in [0.1, 0.15) is 21.9 Å². The molecule has 2 N–H and O–H groups in total. The van der Waals surface area contributed by atoms with Gasteiger partial charge >= 0.3 is 0 Å². The quantitative estimate of drug-likeness (QED) is 0.834. The van der Waals surface area contributed by atoms with Crippen LogP contribution in [-0.4, -0.2) is 26.0 Å². The SMILES string of the molecule is Cc1ncc(C(=O)Nc2ncccc2O)c(C)n1. The van der Waals surface area contributed by atoms with Crippen LogP contribution in [0.25, 0.3) is 0 Å². The molecule has 0 saturated carbocycles. The molecule has 2 aromatic heterocycles. The van der Waals surface area contributed by atoms with Crippen LogP contribution in [0.5, 0.6) is 5.75 Å². The first kappa shape index (κ1) is 12.0. The molecule has 6 heteroatoms. The summed E-state index contributed by atoms with van der Waals surface area (Å²) >= 11 is 0. The zero-order valence-corrected chi connectivity index (χ0v) is 10.0. The zero-order valence-electron chi connectivity index (χ0n) is 10.0. The molecule has 18 heavy (non-hydrogen) atoms. The lowest BCUT2D eigenvalue weighted by Crippen LogP contribution is -2.16. The molecule has 1 amide bonds. The summed E-state index contributed by atoms with van der Waals surface area (Å²) < 4.78 is 0. The predicted molar refractivity (Wildman–Crippen MR) is 65.4 cm³/mol. The number of rotatable bonds is 2. The van der Waals surface area contributed by atoms with Crippen LogP contribution in [0.15, 0.2) is 24.5 Å². The molecule has 0 aliphatic rings. The van der Waals surface area contributed by atoms with Crippen molar-refractivity contribution >= 4 is 11.7 Å². The lowest BCUT2D eigenvalue weighted by Gasteiger charge is -2.07. The molecule has 92 valence electrons. The molecule has 0 radical (unpaired) electrons. The number of nitrogens with one attached hydrogen (secondary N) is 1. The third-order valence-corrected chi connectivity index (χ3v) is 2.36. The van der Waals surface area contributed by atoms with Gasteiger partial charge in [0.05, 0.1) is 11.3 Å². The highest BCUT2D eigenvalue weighted by atomic mass is 16.3. The molecule has 2 aromatic rings. The second kappa shape index (κ2) is 4.79. The molecule has 2 heterocycles. The lowest BCUT2D eigenvalue weighted by atomic mass is 10.2. The highest BCUT2D eigenvalue weighted by Crippen LogP contribution is 2.19. The van der Waals surface area contributed by atoms with E-state index in [0.717, 1.165) is 0 Å². The van der Waals surface area contributed by atoms with Crippen LogP contribution in [0.2, 0.25) is 0 Å². The second-order valence-corrected chi connectivity index (χ2v) is 3.74. The fourth-order valence-electron chi connectivity index (χ4n) is 1.47. The van der Waals surface area contributed by atoms with Gasteiger partial charge in [0, 0.05) is 12.4 Å². The Hall–Kier alpha value is -2.50. The van der Waals surface area contributed by atoms with Crippen LogP contribution in [0.3, 0.4) is 0 Å². The van der Waals surface area contributed by atoms with E-state index < -0.39 is 5.91 Å². The smallest absolute Gasteiger partial charge is 0.260 e. The van der Waals surface area contributed by atoms with E-state index in [9.17, 15) is 9.90 Å². The summed E-state index contributed by atoms with van der Waals surface area (Å²) in [6, 6.07) is 3.02. The summed E-state index contributed by atoms with van der Waals surface area (Å²) in [6.07, 6.45) is 2.93. The topological polar surface area (TPSA) is 88.0 Å². The van der Waals surface area contributed by atoms with Crippen LogP contribution in [0, 0.1) is 13.8 Å². The third-order valence-electron chi connectivity index (χ3n) is 2.36. The van der Waals surface area contributed by atoms with Crippen molar-refractivity contribution in [3.63, 3.8) is 0 Å². The Morgan fingerprint density at radius 1 is 1.33 bits per heavy atom. The van der Waals surface area contributed by atoms with Crippen molar-refractivity contribution in [1.29, 1.82) is 0 Å². The van der Waals surface area contributed by atoms with E-state index in [2.05, 4.69) is 20.3 Å². The fourth-order valence-corrected chi connectivity index (χ4v) is 1.47. The molecule has 0 fully saturated rings. The maximum atomic E-state index is 12.0. The maximum absolute atomic E-state index is 12.0. The number of amides is 1. The van der Waals surface area contributed by atoms with Crippen molar-refractivity contribution < 1.29 is 9.90 Å². The number of hydrogen-bond donors (Lipinski definition) is 2. The van der Waals surface area contributed by atoms with Gasteiger partial charge in [-0.25, -0.2) is 15.0 Å². The van der Waals surface area contributed by atoms with E-state index in [0.29, 0.717) is 17.1 Å². The molecule has 0 saturated heterocycles. The Bertz CT molecular complexity index is 598. The average Bonchev–Trinajstić information content (AvgIpc) is 2.32. The molecule has 0 aliphatic heterocycles. The van der Waals surface area contributed by atoms with Crippen molar-refractivity contribution in [3.05, 3.63) is 41.6 Å². The first-order valence-electron chi connectivity index (χ1n) is 5.33.